The molecule has 0 spiro atoms. The molecule has 0 fully saturated rings. The Morgan fingerprint density at radius 3 is 2.50 bits per heavy atom. The van der Waals surface area contributed by atoms with Gasteiger partial charge < -0.3 is 38.7 Å². The molecule has 0 amide bonds. The first-order valence-corrected chi connectivity index (χ1v) is 11.9. The number of hydrogen-bond acceptors (Lipinski definition) is 9. The lowest BCUT2D eigenvalue weighted by Gasteiger charge is -2.27. The molecule has 1 atom stereocenters. The first kappa shape index (κ1) is 24.9. The van der Waals surface area contributed by atoms with E-state index in [1.807, 2.05) is 25.1 Å². The van der Waals surface area contributed by atoms with Crippen molar-refractivity contribution in [3.05, 3.63) is 80.6 Å². The Morgan fingerprint density at radius 1 is 1.03 bits per heavy atom. The summed E-state index contributed by atoms with van der Waals surface area (Å²) in [5.74, 6) is 2.08. The summed E-state index contributed by atoms with van der Waals surface area (Å²) >= 11 is 0. The maximum absolute atomic E-state index is 14.0. The highest BCUT2D eigenvalue weighted by molar-refractivity contribution is 5.61. The van der Waals surface area contributed by atoms with Crippen LogP contribution in [0.2, 0.25) is 0 Å². The van der Waals surface area contributed by atoms with Gasteiger partial charge in [-0.1, -0.05) is 6.07 Å². The monoisotopic (exact) mass is 517 g/mol. The quantitative estimate of drug-likeness (QED) is 0.502. The molecule has 0 saturated carbocycles. The van der Waals surface area contributed by atoms with E-state index in [4.69, 9.17) is 34.2 Å². The van der Waals surface area contributed by atoms with Gasteiger partial charge in [-0.3, -0.25) is 4.79 Å². The van der Waals surface area contributed by atoms with E-state index >= 15 is 0 Å². The van der Waals surface area contributed by atoms with E-state index in [0.29, 0.717) is 64.3 Å². The Balaban J connectivity index is 1.59. The van der Waals surface area contributed by atoms with Crippen molar-refractivity contribution in [1.29, 1.82) is 5.26 Å². The molecular formula is C28H27N3O7. The Kier molecular flexibility index (Phi) is 6.51. The number of rotatable bonds is 7. The SMILES string of the molecule is COc1ccc(CCn2c(C)cc3c(c2=O)[C@@H](c2cc(OC)c4c(c2)OCO4)C(C#N)=C(N)O3)cc1OC. The van der Waals surface area contributed by atoms with Crippen LogP contribution in [0.25, 0.3) is 0 Å². The first-order chi connectivity index (χ1) is 18.4. The van der Waals surface area contributed by atoms with Crippen LogP contribution in [0.1, 0.15) is 28.3 Å². The highest BCUT2D eigenvalue weighted by Gasteiger charge is 2.36. The molecule has 0 unspecified atom stereocenters. The predicted octanol–water partition coefficient (Wildman–Crippen LogP) is 3.37. The first-order valence-electron chi connectivity index (χ1n) is 11.9. The molecule has 2 N–H and O–H groups in total. The number of hydrogen-bond donors (Lipinski definition) is 1. The number of fused-ring (bicyclic) bond motifs is 2. The molecule has 0 saturated heterocycles. The fourth-order valence-electron chi connectivity index (χ4n) is 4.89. The van der Waals surface area contributed by atoms with Gasteiger partial charge in [-0.15, -0.1) is 0 Å². The van der Waals surface area contributed by atoms with E-state index in [1.165, 1.54) is 7.11 Å². The van der Waals surface area contributed by atoms with Crippen molar-refractivity contribution in [2.45, 2.75) is 25.8 Å². The molecule has 38 heavy (non-hydrogen) atoms. The van der Waals surface area contributed by atoms with E-state index in [-0.39, 0.29) is 23.8 Å². The Hall–Kier alpha value is -4.78. The van der Waals surface area contributed by atoms with Crippen molar-refractivity contribution in [2.24, 2.45) is 5.73 Å². The zero-order chi connectivity index (χ0) is 27.0. The number of aromatic nitrogens is 1. The van der Waals surface area contributed by atoms with Crippen molar-refractivity contribution in [3.8, 4) is 40.6 Å². The molecule has 3 heterocycles. The molecular weight excluding hydrogens is 490 g/mol. The van der Waals surface area contributed by atoms with Crippen LogP contribution in [0.5, 0.6) is 34.5 Å². The molecule has 10 nitrogen and oxygen atoms in total. The summed E-state index contributed by atoms with van der Waals surface area (Å²) in [7, 11) is 4.68. The van der Waals surface area contributed by atoms with Crippen LogP contribution in [0.3, 0.4) is 0 Å². The van der Waals surface area contributed by atoms with Crippen molar-refractivity contribution in [3.63, 3.8) is 0 Å². The Labute approximate surface area is 219 Å². The van der Waals surface area contributed by atoms with Crippen LogP contribution in [0.4, 0.5) is 0 Å². The third kappa shape index (κ3) is 4.12. The number of ether oxygens (including phenoxy) is 6. The number of benzene rings is 2. The molecule has 0 bridgehead atoms. The van der Waals surface area contributed by atoms with E-state index in [9.17, 15) is 10.1 Å². The van der Waals surface area contributed by atoms with Crippen LogP contribution < -0.4 is 39.7 Å². The van der Waals surface area contributed by atoms with Crippen molar-refractivity contribution in [2.75, 3.05) is 28.1 Å². The van der Waals surface area contributed by atoms with Crippen LogP contribution in [0.15, 0.2) is 52.6 Å². The molecule has 0 radical (unpaired) electrons. The molecule has 3 aromatic rings. The van der Waals surface area contributed by atoms with Gasteiger partial charge in [0, 0.05) is 18.3 Å². The van der Waals surface area contributed by atoms with Gasteiger partial charge >= 0.3 is 0 Å². The van der Waals surface area contributed by atoms with Gasteiger partial charge in [-0.2, -0.15) is 5.26 Å². The number of nitriles is 1. The summed E-state index contributed by atoms with van der Waals surface area (Å²) in [6, 6.07) is 13.0. The Bertz CT molecular complexity index is 1550. The normalized spacial score (nSPS) is 15.4. The molecule has 2 aliphatic rings. The fourth-order valence-corrected chi connectivity index (χ4v) is 4.89. The van der Waals surface area contributed by atoms with E-state index in [0.717, 1.165) is 5.56 Å². The zero-order valence-electron chi connectivity index (χ0n) is 21.5. The van der Waals surface area contributed by atoms with Gasteiger partial charge in [0.15, 0.2) is 23.0 Å². The average Bonchev–Trinajstić information content (AvgIpc) is 3.40. The lowest BCUT2D eigenvalue weighted by Crippen LogP contribution is -2.33. The lowest BCUT2D eigenvalue weighted by atomic mass is 9.83. The maximum atomic E-state index is 14.0. The molecule has 196 valence electrons. The van der Waals surface area contributed by atoms with Crippen LogP contribution in [-0.2, 0) is 13.0 Å². The van der Waals surface area contributed by atoms with Gasteiger partial charge in [-0.25, -0.2) is 0 Å². The van der Waals surface area contributed by atoms with Crippen molar-refractivity contribution < 1.29 is 28.4 Å². The molecule has 0 aliphatic carbocycles. The zero-order valence-corrected chi connectivity index (χ0v) is 21.5. The number of methoxy groups -OCH3 is 3. The summed E-state index contributed by atoms with van der Waals surface area (Å²) < 4.78 is 34.8. The standard InChI is InChI=1S/C28H27N3O7/c1-15-9-21-25(28(32)31(15)8-7-16-5-6-19(33-2)20(10-16)34-3)24(18(13-29)27(30)38-21)17-11-22(35-4)26-23(12-17)36-14-37-26/h5-6,9-12,24H,7-8,14,30H2,1-4H3/t24-/m0/s1. The summed E-state index contributed by atoms with van der Waals surface area (Å²) in [5.41, 5.74) is 8.60. The van der Waals surface area contributed by atoms with Gasteiger partial charge in [0.1, 0.15) is 17.4 Å². The maximum Gasteiger partial charge on any atom is 0.258 e. The summed E-state index contributed by atoms with van der Waals surface area (Å²) in [4.78, 5) is 14.0. The van der Waals surface area contributed by atoms with Crippen molar-refractivity contribution in [1.82, 2.24) is 4.57 Å². The number of allylic oxidation sites excluding steroid dienone is 1. The average molecular weight is 518 g/mol. The predicted molar refractivity (Wildman–Crippen MR) is 137 cm³/mol. The van der Waals surface area contributed by atoms with Crippen LogP contribution >= 0.6 is 0 Å². The molecule has 10 heteroatoms. The van der Waals surface area contributed by atoms with E-state index in [2.05, 4.69) is 6.07 Å². The topological polar surface area (TPSA) is 127 Å². The second-order valence-electron chi connectivity index (χ2n) is 8.84. The van der Waals surface area contributed by atoms with Gasteiger partial charge in [-0.05, 0) is 48.7 Å². The lowest BCUT2D eigenvalue weighted by molar-refractivity contribution is 0.171. The minimum atomic E-state index is -0.785. The summed E-state index contributed by atoms with van der Waals surface area (Å²) in [6.45, 7) is 2.27. The second kappa shape index (κ2) is 9.94. The minimum absolute atomic E-state index is 0.0464. The molecule has 5 rings (SSSR count). The van der Waals surface area contributed by atoms with Crippen LogP contribution in [-0.4, -0.2) is 32.7 Å². The number of nitrogens with zero attached hydrogens (tertiary/aromatic N) is 2. The Morgan fingerprint density at radius 2 is 1.79 bits per heavy atom. The summed E-state index contributed by atoms with van der Waals surface area (Å²) in [6.07, 6.45) is 0.562. The highest BCUT2D eigenvalue weighted by atomic mass is 16.7. The summed E-state index contributed by atoms with van der Waals surface area (Å²) in [5, 5.41) is 10.0. The highest BCUT2D eigenvalue weighted by Crippen LogP contribution is 2.47. The van der Waals surface area contributed by atoms with Crippen molar-refractivity contribution >= 4 is 0 Å². The minimum Gasteiger partial charge on any atom is -0.493 e. The molecule has 2 aromatic carbocycles. The van der Waals surface area contributed by atoms with Gasteiger partial charge in [0.25, 0.3) is 5.56 Å². The van der Waals surface area contributed by atoms with E-state index < -0.39 is 5.92 Å². The van der Waals surface area contributed by atoms with Gasteiger partial charge in [0.05, 0.1) is 32.8 Å². The van der Waals surface area contributed by atoms with Gasteiger partial charge in [0.2, 0.25) is 18.4 Å². The largest absolute Gasteiger partial charge is 0.493 e. The number of pyridine rings is 1. The fraction of sp³-hybridized carbons (Fsp3) is 0.286. The number of aryl methyl sites for hydroxylation is 2. The second-order valence-corrected chi connectivity index (χ2v) is 8.84. The smallest absolute Gasteiger partial charge is 0.258 e. The molecule has 1 aromatic heterocycles. The third-order valence-corrected chi connectivity index (χ3v) is 6.78. The molecule has 2 aliphatic heterocycles. The van der Waals surface area contributed by atoms with Crippen LogP contribution in [0, 0.1) is 18.3 Å². The van der Waals surface area contributed by atoms with E-state index in [1.54, 1.807) is 37.0 Å². The third-order valence-electron chi connectivity index (χ3n) is 6.78. The number of nitrogens with two attached hydrogens (primary N) is 1.